The second kappa shape index (κ2) is 8.99. The maximum absolute atomic E-state index is 5.85. The van der Waals surface area contributed by atoms with E-state index in [9.17, 15) is 0 Å². The first-order chi connectivity index (χ1) is 16.1. The zero-order valence-electron chi connectivity index (χ0n) is 18.2. The van der Waals surface area contributed by atoms with E-state index in [0.717, 1.165) is 43.4 Å². The number of ether oxygens (including phenoxy) is 1. The molecule has 0 aliphatic carbocycles. The Morgan fingerprint density at radius 3 is 2.61 bits per heavy atom. The van der Waals surface area contributed by atoms with Crippen LogP contribution in [0.2, 0.25) is 0 Å². The molecule has 33 heavy (non-hydrogen) atoms. The van der Waals surface area contributed by atoms with Gasteiger partial charge in [-0.3, -0.25) is 0 Å². The molecule has 1 N–H and O–H groups in total. The van der Waals surface area contributed by atoms with Crippen molar-refractivity contribution in [1.29, 1.82) is 0 Å². The monoisotopic (exact) mass is 500 g/mol. The summed E-state index contributed by atoms with van der Waals surface area (Å²) < 4.78 is 8.84. The second-order valence-electron chi connectivity index (χ2n) is 7.74. The SMILES string of the molecule is Cc1ccc(COc2ccc(/C=N/Nc3nnc4c5cc(Br)ccc5n(C)c4n3)cc2)cc1. The predicted molar refractivity (Wildman–Crippen MR) is 135 cm³/mol. The number of rotatable bonds is 6. The first-order valence-corrected chi connectivity index (χ1v) is 11.2. The third kappa shape index (κ3) is 4.56. The fourth-order valence-corrected chi connectivity index (χ4v) is 3.90. The fraction of sp³-hybridized carbons (Fsp3) is 0.120. The molecule has 2 heterocycles. The summed E-state index contributed by atoms with van der Waals surface area (Å²) in [4.78, 5) is 4.57. The highest BCUT2D eigenvalue weighted by molar-refractivity contribution is 9.10. The molecule has 3 aromatic carbocycles. The Hall–Kier alpha value is -3.78. The van der Waals surface area contributed by atoms with Crippen molar-refractivity contribution in [2.24, 2.45) is 12.1 Å². The summed E-state index contributed by atoms with van der Waals surface area (Å²) in [5, 5.41) is 13.8. The molecule has 0 amide bonds. The van der Waals surface area contributed by atoms with Crippen molar-refractivity contribution in [1.82, 2.24) is 19.7 Å². The average Bonchev–Trinajstić information content (AvgIpc) is 3.10. The Kier molecular flexibility index (Phi) is 5.75. The number of aromatic nitrogens is 4. The van der Waals surface area contributed by atoms with E-state index in [4.69, 9.17) is 4.74 Å². The van der Waals surface area contributed by atoms with Gasteiger partial charge in [0.2, 0.25) is 0 Å². The maximum Gasteiger partial charge on any atom is 0.265 e. The van der Waals surface area contributed by atoms with E-state index in [1.165, 1.54) is 5.56 Å². The van der Waals surface area contributed by atoms with Crippen LogP contribution in [-0.4, -0.2) is 26.0 Å². The van der Waals surface area contributed by atoms with Gasteiger partial charge in [-0.2, -0.15) is 10.1 Å². The number of hydrogen-bond donors (Lipinski definition) is 1. The molecular formula is C25H21BrN6O. The molecule has 0 radical (unpaired) electrons. The van der Waals surface area contributed by atoms with Gasteiger partial charge in [-0.25, -0.2) is 5.43 Å². The van der Waals surface area contributed by atoms with Gasteiger partial charge in [-0.05, 0) is 60.5 Å². The first-order valence-electron chi connectivity index (χ1n) is 10.4. The lowest BCUT2D eigenvalue weighted by molar-refractivity contribution is 0.306. The van der Waals surface area contributed by atoms with Gasteiger partial charge in [0.15, 0.2) is 5.65 Å². The summed E-state index contributed by atoms with van der Waals surface area (Å²) in [5.41, 5.74) is 8.70. The third-order valence-corrected chi connectivity index (χ3v) is 5.84. The second-order valence-corrected chi connectivity index (χ2v) is 8.66. The van der Waals surface area contributed by atoms with Crippen LogP contribution in [0, 0.1) is 6.92 Å². The van der Waals surface area contributed by atoms with Crippen molar-refractivity contribution in [3.63, 3.8) is 0 Å². The van der Waals surface area contributed by atoms with Crippen molar-refractivity contribution in [2.45, 2.75) is 13.5 Å². The molecule has 0 unspecified atom stereocenters. The van der Waals surface area contributed by atoms with Gasteiger partial charge in [0, 0.05) is 16.9 Å². The number of benzene rings is 3. The van der Waals surface area contributed by atoms with Gasteiger partial charge in [0.1, 0.15) is 17.9 Å². The molecule has 8 heteroatoms. The molecule has 2 aromatic heterocycles. The summed E-state index contributed by atoms with van der Waals surface area (Å²) in [5.74, 6) is 1.14. The normalized spacial score (nSPS) is 11.5. The van der Waals surface area contributed by atoms with Crippen molar-refractivity contribution in [3.8, 4) is 5.75 Å². The number of nitrogens with one attached hydrogen (secondary N) is 1. The Bertz CT molecular complexity index is 1460. The van der Waals surface area contributed by atoms with E-state index in [2.05, 4.69) is 72.8 Å². The van der Waals surface area contributed by atoms with Crippen molar-refractivity contribution >= 4 is 50.2 Å². The summed E-state index contributed by atoms with van der Waals surface area (Å²) in [7, 11) is 1.96. The highest BCUT2D eigenvalue weighted by Gasteiger charge is 2.12. The molecule has 0 aliphatic rings. The Morgan fingerprint density at radius 1 is 1.03 bits per heavy atom. The number of halogens is 1. The van der Waals surface area contributed by atoms with E-state index in [1.54, 1.807) is 6.21 Å². The van der Waals surface area contributed by atoms with Crippen LogP contribution in [0.1, 0.15) is 16.7 Å². The van der Waals surface area contributed by atoms with Crippen LogP contribution >= 0.6 is 15.9 Å². The molecular weight excluding hydrogens is 480 g/mol. The predicted octanol–water partition coefficient (Wildman–Crippen LogP) is 5.61. The number of aryl methyl sites for hydroxylation is 2. The molecule has 5 rings (SSSR count). The Balaban J connectivity index is 1.24. The topological polar surface area (TPSA) is 77.2 Å². The van der Waals surface area contributed by atoms with Crippen molar-refractivity contribution in [3.05, 3.63) is 87.9 Å². The number of anilines is 1. The summed E-state index contributed by atoms with van der Waals surface area (Å²) in [6.45, 7) is 2.61. The highest BCUT2D eigenvalue weighted by Crippen LogP contribution is 2.28. The van der Waals surface area contributed by atoms with E-state index >= 15 is 0 Å². The number of hydrazone groups is 1. The lowest BCUT2D eigenvalue weighted by atomic mass is 10.2. The van der Waals surface area contributed by atoms with Crippen LogP contribution in [0.25, 0.3) is 22.1 Å². The minimum absolute atomic E-state index is 0.335. The van der Waals surface area contributed by atoms with E-state index in [-0.39, 0.29) is 0 Å². The fourth-order valence-electron chi connectivity index (χ4n) is 3.54. The van der Waals surface area contributed by atoms with Crippen LogP contribution in [0.15, 0.2) is 76.3 Å². The van der Waals surface area contributed by atoms with Crippen LogP contribution in [0.5, 0.6) is 5.75 Å². The molecule has 164 valence electrons. The maximum atomic E-state index is 5.85. The minimum atomic E-state index is 0.335. The smallest absolute Gasteiger partial charge is 0.265 e. The molecule has 0 aliphatic heterocycles. The first kappa shape index (κ1) is 21.1. The van der Waals surface area contributed by atoms with Gasteiger partial charge in [-0.1, -0.05) is 45.8 Å². The molecule has 0 bridgehead atoms. The van der Waals surface area contributed by atoms with E-state index in [0.29, 0.717) is 12.6 Å². The lowest BCUT2D eigenvalue weighted by Crippen LogP contribution is -2.00. The van der Waals surface area contributed by atoms with Crippen LogP contribution in [-0.2, 0) is 13.7 Å². The van der Waals surface area contributed by atoms with Gasteiger partial charge in [0.25, 0.3) is 5.95 Å². The molecule has 0 saturated heterocycles. The van der Waals surface area contributed by atoms with Gasteiger partial charge < -0.3 is 9.30 Å². The zero-order chi connectivity index (χ0) is 22.8. The molecule has 5 aromatic rings. The number of fused-ring (bicyclic) bond motifs is 3. The number of hydrogen-bond acceptors (Lipinski definition) is 6. The van der Waals surface area contributed by atoms with Crippen LogP contribution in [0.4, 0.5) is 5.95 Å². The summed E-state index contributed by atoms with van der Waals surface area (Å²) >= 11 is 3.51. The van der Waals surface area contributed by atoms with Gasteiger partial charge in [-0.15, -0.1) is 10.2 Å². The van der Waals surface area contributed by atoms with Crippen molar-refractivity contribution < 1.29 is 4.74 Å². The lowest BCUT2D eigenvalue weighted by Gasteiger charge is -2.06. The molecule has 0 atom stereocenters. The highest BCUT2D eigenvalue weighted by atomic mass is 79.9. The summed E-state index contributed by atoms with van der Waals surface area (Å²) in [6, 6.07) is 22.1. The molecule has 7 nitrogen and oxygen atoms in total. The van der Waals surface area contributed by atoms with Gasteiger partial charge in [0.05, 0.1) is 11.7 Å². The summed E-state index contributed by atoms with van der Waals surface area (Å²) in [6.07, 6.45) is 1.70. The quantitative estimate of drug-likeness (QED) is 0.242. The molecule has 0 fully saturated rings. The van der Waals surface area contributed by atoms with Crippen LogP contribution in [0.3, 0.4) is 0 Å². The standard InChI is InChI=1S/C25H21BrN6O/c1-16-3-5-18(6-4-16)15-33-20-10-7-17(8-11-20)14-27-30-25-28-24-23(29-31-25)21-13-19(26)9-12-22(21)32(24)2/h3-14H,15H2,1-2H3,(H,28,30,31)/b27-14+. The minimum Gasteiger partial charge on any atom is -0.489 e. The van der Waals surface area contributed by atoms with E-state index < -0.39 is 0 Å². The Morgan fingerprint density at radius 2 is 1.82 bits per heavy atom. The largest absolute Gasteiger partial charge is 0.489 e. The van der Waals surface area contributed by atoms with Crippen molar-refractivity contribution in [2.75, 3.05) is 5.43 Å². The molecule has 0 saturated carbocycles. The third-order valence-electron chi connectivity index (χ3n) is 5.35. The molecule has 0 spiro atoms. The Labute approximate surface area is 199 Å². The zero-order valence-corrected chi connectivity index (χ0v) is 19.7. The van der Waals surface area contributed by atoms with Gasteiger partial charge >= 0.3 is 0 Å². The van der Waals surface area contributed by atoms with Crippen LogP contribution < -0.4 is 10.2 Å². The number of nitrogens with zero attached hydrogens (tertiary/aromatic N) is 5. The van der Waals surface area contributed by atoms with E-state index in [1.807, 2.05) is 54.1 Å². The average molecular weight is 501 g/mol.